The zero-order chi connectivity index (χ0) is 9.97. The number of piperazine rings is 1. The van der Waals surface area contributed by atoms with Crippen LogP contribution >= 0.6 is 11.3 Å². The molecule has 1 aliphatic heterocycles. The number of nitrogens with zero attached hydrogens (tertiary/aromatic N) is 2. The topological polar surface area (TPSA) is 28.2 Å². The summed E-state index contributed by atoms with van der Waals surface area (Å²) in [6, 6.07) is 0.644. The van der Waals surface area contributed by atoms with Gasteiger partial charge in [0.05, 0.1) is 11.2 Å². The lowest BCUT2D eigenvalue weighted by molar-refractivity contribution is 0.167. The molecule has 1 fully saturated rings. The Hall–Kier alpha value is -0.450. The van der Waals surface area contributed by atoms with Crippen LogP contribution in [-0.4, -0.2) is 35.6 Å². The Morgan fingerprint density at radius 2 is 2.57 bits per heavy atom. The average Bonchev–Trinajstić information content (AvgIpc) is 2.56. The Morgan fingerprint density at radius 1 is 1.71 bits per heavy atom. The van der Waals surface area contributed by atoms with E-state index in [0.29, 0.717) is 6.04 Å². The van der Waals surface area contributed by atoms with Gasteiger partial charge in [-0.05, 0) is 13.8 Å². The fraction of sp³-hybridized carbons (Fsp3) is 0.700. The molecule has 1 N–H and O–H groups in total. The first kappa shape index (κ1) is 10.1. The molecule has 0 spiro atoms. The summed E-state index contributed by atoms with van der Waals surface area (Å²) < 4.78 is 0. The Bertz CT molecular complexity index is 297. The Labute approximate surface area is 89.1 Å². The molecule has 1 aliphatic rings. The maximum absolute atomic E-state index is 4.28. The molecule has 0 radical (unpaired) electrons. The molecule has 4 heteroatoms. The first-order valence-corrected chi connectivity index (χ1v) is 5.99. The average molecular weight is 211 g/mol. The van der Waals surface area contributed by atoms with Crippen LogP contribution in [-0.2, 0) is 6.54 Å². The summed E-state index contributed by atoms with van der Waals surface area (Å²) in [5, 5.41) is 3.40. The standard InChI is InChI=1S/C10H17N3S/c1-8-5-11-3-4-13(8)6-10-9(2)12-7-14-10/h7-8,11H,3-6H2,1-2H3/t8-/m1/s1. The third-order valence-corrected chi connectivity index (χ3v) is 3.75. The largest absolute Gasteiger partial charge is 0.314 e. The highest BCUT2D eigenvalue weighted by atomic mass is 32.1. The van der Waals surface area contributed by atoms with Crippen LogP contribution in [0.2, 0.25) is 0 Å². The summed E-state index contributed by atoms with van der Waals surface area (Å²) in [7, 11) is 0. The van der Waals surface area contributed by atoms with Gasteiger partial charge in [0.1, 0.15) is 0 Å². The quantitative estimate of drug-likeness (QED) is 0.798. The second kappa shape index (κ2) is 4.38. The molecule has 0 unspecified atom stereocenters. The Balaban J connectivity index is 1.99. The molecule has 78 valence electrons. The lowest BCUT2D eigenvalue weighted by Gasteiger charge is -2.33. The van der Waals surface area contributed by atoms with Crippen molar-refractivity contribution in [2.45, 2.75) is 26.4 Å². The van der Waals surface area contributed by atoms with E-state index in [1.165, 1.54) is 10.6 Å². The van der Waals surface area contributed by atoms with Gasteiger partial charge in [0.15, 0.2) is 0 Å². The van der Waals surface area contributed by atoms with Crippen molar-refractivity contribution in [3.63, 3.8) is 0 Å². The van der Waals surface area contributed by atoms with E-state index in [1.807, 2.05) is 5.51 Å². The van der Waals surface area contributed by atoms with Gasteiger partial charge in [0.25, 0.3) is 0 Å². The van der Waals surface area contributed by atoms with Crippen LogP contribution in [0.5, 0.6) is 0 Å². The van der Waals surface area contributed by atoms with Crippen LogP contribution in [0, 0.1) is 6.92 Å². The Kier molecular flexibility index (Phi) is 3.15. The summed E-state index contributed by atoms with van der Waals surface area (Å²) in [6.07, 6.45) is 0. The highest BCUT2D eigenvalue weighted by Gasteiger charge is 2.18. The number of aryl methyl sites for hydroxylation is 1. The van der Waals surface area contributed by atoms with Crippen molar-refractivity contribution in [1.82, 2.24) is 15.2 Å². The number of hydrogen-bond donors (Lipinski definition) is 1. The van der Waals surface area contributed by atoms with Gasteiger partial charge in [-0.25, -0.2) is 4.98 Å². The fourth-order valence-corrected chi connectivity index (χ4v) is 2.58. The number of rotatable bonds is 2. The maximum Gasteiger partial charge on any atom is 0.0798 e. The minimum Gasteiger partial charge on any atom is -0.314 e. The van der Waals surface area contributed by atoms with Crippen molar-refractivity contribution in [2.24, 2.45) is 0 Å². The van der Waals surface area contributed by atoms with E-state index in [1.54, 1.807) is 11.3 Å². The van der Waals surface area contributed by atoms with Gasteiger partial charge in [-0.2, -0.15) is 0 Å². The molecular weight excluding hydrogens is 194 g/mol. The van der Waals surface area contributed by atoms with Crippen LogP contribution in [0.15, 0.2) is 5.51 Å². The molecule has 2 rings (SSSR count). The summed E-state index contributed by atoms with van der Waals surface area (Å²) in [5.41, 5.74) is 3.14. The summed E-state index contributed by atoms with van der Waals surface area (Å²) in [5.74, 6) is 0. The van der Waals surface area contributed by atoms with Crippen molar-refractivity contribution in [2.75, 3.05) is 19.6 Å². The second-order valence-electron chi connectivity index (χ2n) is 3.88. The zero-order valence-corrected chi connectivity index (χ0v) is 9.60. The third-order valence-electron chi connectivity index (χ3n) is 2.83. The molecule has 1 atom stereocenters. The molecule has 0 amide bonds. The van der Waals surface area contributed by atoms with E-state index < -0.39 is 0 Å². The molecule has 1 aromatic rings. The number of hydrogen-bond acceptors (Lipinski definition) is 4. The SMILES string of the molecule is Cc1ncsc1CN1CCNC[C@H]1C. The first-order chi connectivity index (χ1) is 6.77. The lowest BCUT2D eigenvalue weighted by Crippen LogP contribution is -2.49. The van der Waals surface area contributed by atoms with Crippen LogP contribution in [0.4, 0.5) is 0 Å². The molecule has 0 bridgehead atoms. The van der Waals surface area contributed by atoms with E-state index in [9.17, 15) is 0 Å². The van der Waals surface area contributed by atoms with Crippen LogP contribution in [0.3, 0.4) is 0 Å². The summed E-state index contributed by atoms with van der Waals surface area (Å²) in [6.45, 7) is 8.82. The van der Waals surface area contributed by atoms with Crippen molar-refractivity contribution in [3.8, 4) is 0 Å². The van der Waals surface area contributed by atoms with Crippen molar-refractivity contribution < 1.29 is 0 Å². The predicted molar refractivity (Wildman–Crippen MR) is 59.6 cm³/mol. The van der Waals surface area contributed by atoms with Gasteiger partial charge >= 0.3 is 0 Å². The van der Waals surface area contributed by atoms with E-state index in [0.717, 1.165) is 26.2 Å². The molecule has 2 heterocycles. The van der Waals surface area contributed by atoms with E-state index in [2.05, 4.69) is 29.0 Å². The molecular formula is C10H17N3S. The normalized spacial score (nSPS) is 24.0. The molecule has 1 aromatic heterocycles. The van der Waals surface area contributed by atoms with Gasteiger partial charge in [-0.1, -0.05) is 0 Å². The van der Waals surface area contributed by atoms with Crippen LogP contribution < -0.4 is 5.32 Å². The van der Waals surface area contributed by atoms with Crippen molar-refractivity contribution >= 4 is 11.3 Å². The van der Waals surface area contributed by atoms with Gasteiger partial charge in [0, 0.05) is 37.1 Å². The monoisotopic (exact) mass is 211 g/mol. The minimum atomic E-state index is 0.644. The minimum absolute atomic E-state index is 0.644. The van der Waals surface area contributed by atoms with Crippen molar-refractivity contribution in [1.29, 1.82) is 0 Å². The van der Waals surface area contributed by atoms with Gasteiger partial charge in [0.2, 0.25) is 0 Å². The highest BCUT2D eigenvalue weighted by Crippen LogP contribution is 2.16. The summed E-state index contributed by atoms with van der Waals surface area (Å²) in [4.78, 5) is 8.22. The predicted octanol–water partition coefficient (Wildman–Crippen LogP) is 1.25. The van der Waals surface area contributed by atoms with Crippen molar-refractivity contribution in [3.05, 3.63) is 16.1 Å². The molecule has 0 aromatic carbocycles. The maximum atomic E-state index is 4.28. The van der Waals surface area contributed by atoms with E-state index in [-0.39, 0.29) is 0 Å². The molecule has 0 aliphatic carbocycles. The first-order valence-electron chi connectivity index (χ1n) is 5.11. The zero-order valence-electron chi connectivity index (χ0n) is 8.79. The highest BCUT2D eigenvalue weighted by molar-refractivity contribution is 7.09. The molecule has 0 saturated carbocycles. The van der Waals surface area contributed by atoms with E-state index in [4.69, 9.17) is 0 Å². The van der Waals surface area contributed by atoms with Gasteiger partial charge in [-0.15, -0.1) is 11.3 Å². The molecule has 14 heavy (non-hydrogen) atoms. The lowest BCUT2D eigenvalue weighted by atomic mass is 10.2. The summed E-state index contributed by atoms with van der Waals surface area (Å²) >= 11 is 1.77. The third kappa shape index (κ3) is 2.13. The molecule has 3 nitrogen and oxygen atoms in total. The number of aromatic nitrogens is 1. The fourth-order valence-electron chi connectivity index (χ4n) is 1.78. The van der Waals surface area contributed by atoms with Crippen LogP contribution in [0.1, 0.15) is 17.5 Å². The number of nitrogens with one attached hydrogen (secondary N) is 1. The van der Waals surface area contributed by atoms with Gasteiger partial charge < -0.3 is 5.32 Å². The smallest absolute Gasteiger partial charge is 0.0798 e. The van der Waals surface area contributed by atoms with Crippen LogP contribution in [0.25, 0.3) is 0 Å². The second-order valence-corrected chi connectivity index (χ2v) is 4.82. The Morgan fingerprint density at radius 3 is 3.21 bits per heavy atom. The number of thiazole rings is 1. The molecule has 1 saturated heterocycles. The van der Waals surface area contributed by atoms with E-state index >= 15 is 0 Å². The van der Waals surface area contributed by atoms with Gasteiger partial charge in [-0.3, -0.25) is 4.90 Å².